The Morgan fingerprint density at radius 2 is 1.93 bits per heavy atom. The SMILES string of the molecule is COCCOCCN1CC(O)(C(C)C)C1. The van der Waals surface area contributed by atoms with Gasteiger partial charge in [0, 0.05) is 26.7 Å². The van der Waals surface area contributed by atoms with Gasteiger partial charge in [-0.2, -0.15) is 0 Å². The molecule has 1 N–H and O–H groups in total. The van der Waals surface area contributed by atoms with Gasteiger partial charge in [-0.25, -0.2) is 0 Å². The first-order chi connectivity index (χ1) is 7.08. The highest BCUT2D eigenvalue weighted by Gasteiger charge is 2.42. The van der Waals surface area contributed by atoms with Gasteiger partial charge in [0.15, 0.2) is 0 Å². The van der Waals surface area contributed by atoms with E-state index in [0.717, 1.165) is 26.2 Å². The van der Waals surface area contributed by atoms with E-state index in [9.17, 15) is 5.11 Å². The molecule has 1 aliphatic heterocycles. The minimum atomic E-state index is -0.466. The summed E-state index contributed by atoms with van der Waals surface area (Å²) < 4.78 is 10.2. The Hall–Kier alpha value is -0.160. The summed E-state index contributed by atoms with van der Waals surface area (Å²) in [5.74, 6) is 0.336. The molecule has 1 fully saturated rings. The van der Waals surface area contributed by atoms with Crippen LogP contribution in [0.4, 0.5) is 0 Å². The van der Waals surface area contributed by atoms with Crippen LogP contribution in [0.5, 0.6) is 0 Å². The molecule has 0 aromatic rings. The summed E-state index contributed by atoms with van der Waals surface area (Å²) in [7, 11) is 1.67. The number of methoxy groups -OCH3 is 1. The Bertz CT molecular complexity index is 179. The minimum absolute atomic E-state index is 0.336. The second kappa shape index (κ2) is 5.80. The van der Waals surface area contributed by atoms with E-state index < -0.39 is 5.60 Å². The van der Waals surface area contributed by atoms with Gasteiger partial charge in [-0.05, 0) is 5.92 Å². The molecule has 4 heteroatoms. The molecule has 0 radical (unpaired) electrons. The molecule has 0 aromatic heterocycles. The van der Waals surface area contributed by atoms with Crippen LogP contribution in [-0.4, -0.2) is 62.2 Å². The normalized spacial score (nSPS) is 20.6. The highest BCUT2D eigenvalue weighted by Crippen LogP contribution is 2.27. The Balaban J connectivity index is 1.98. The smallest absolute Gasteiger partial charge is 0.0922 e. The summed E-state index contributed by atoms with van der Waals surface area (Å²) in [4.78, 5) is 2.22. The van der Waals surface area contributed by atoms with Gasteiger partial charge in [0.1, 0.15) is 0 Å². The highest BCUT2D eigenvalue weighted by atomic mass is 16.5. The molecule has 90 valence electrons. The van der Waals surface area contributed by atoms with Gasteiger partial charge in [0.2, 0.25) is 0 Å². The summed E-state index contributed by atoms with van der Waals surface area (Å²) in [6.07, 6.45) is 0. The second-order valence-electron chi connectivity index (χ2n) is 4.57. The van der Waals surface area contributed by atoms with Crippen molar-refractivity contribution in [3.8, 4) is 0 Å². The third-order valence-electron chi connectivity index (χ3n) is 3.05. The predicted molar refractivity (Wildman–Crippen MR) is 58.9 cm³/mol. The summed E-state index contributed by atoms with van der Waals surface area (Å²) in [5, 5.41) is 10.00. The fourth-order valence-electron chi connectivity index (χ4n) is 1.69. The van der Waals surface area contributed by atoms with E-state index in [1.807, 2.05) is 0 Å². The molecule has 0 spiro atoms. The predicted octanol–water partition coefficient (Wildman–Crippen LogP) is 0.352. The molecule has 0 unspecified atom stereocenters. The summed E-state index contributed by atoms with van der Waals surface area (Å²) in [5.41, 5.74) is -0.466. The maximum atomic E-state index is 10.00. The first kappa shape index (κ1) is 12.9. The molecular formula is C11H23NO3. The van der Waals surface area contributed by atoms with Crippen molar-refractivity contribution in [3.63, 3.8) is 0 Å². The van der Waals surface area contributed by atoms with Gasteiger partial charge in [0.25, 0.3) is 0 Å². The monoisotopic (exact) mass is 217 g/mol. The van der Waals surface area contributed by atoms with E-state index in [4.69, 9.17) is 9.47 Å². The van der Waals surface area contributed by atoms with Gasteiger partial charge < -0.3 is 14.6 Å². The van der Waals surface area contributed by atoms with Crippen LogP contribution >= 0.6 is 0 Å². The van der Waals surface area contributed by atoms with Crippen LogP contribution in [0.2, 0.25) is 0 Å². The molecule has 4 nitrogen and oxygen atoms in total. The summed E-state index contributed by atoms with van der Waals surface area (Å²) >= 11 is 0. The zero-order valence-electron chi connectivity index (χ0n) is 10.0. The van der Waals surface area contributed by atoms with E-state index in [1.54, 1.807) is 7.11 Å². The van der Waals surface area contributed by atoms with Crippen molar-refractivity contribution in [3.05, 3.63) is 0 Å². The van der Waals surface area contributed by atoms with Crippen LogP contribution in [0.1, 0.15) is 13.8 Å². The molecule has 0 aliphatic carbocycles. The van der Waals surface area contributed by atoms with Crippen molar-refractivity contribution in [2.45, 2.75) is 19.4 Å². The Kier molecular flexibility index (Phi) is 4.99. The molecular weight excluding hydrogens is 194 g/mol. The topological polar surface area (TPSA) is 41.9 Å². The van der Waals surface area contributed by atoms with E-state index in [-0.39, 0.29) is 0 Å². The van der Waals surface area contributed by atoms with Crippen LogP contribution in [-0.2, 0) is 9.47 Å². The molecule has 0 atom stereocenters. The molecule has 0 aromatic carbocycles. The number of aliphatic hydroxyl groups is 1. The van der Waals surface area contributed by atoms with Crippen LogP contribution in [0.3, 0.4) is 0 Å². The molecule has 1 rings (SSSR count). The minimum Gasteiger partial charge on any atom is -0.387 e. The Morgan fingerprint density at radius 3 is 2.47 bits per heavy atom. The highest BCUT2D eigenvalue weighted by molar-refractivity contribution is 4.97. The van der Waals surface area contributed by atoms with Crippen LogP contribution in [0, 0.1) is 5.92 Å². The van der Waals surface area contributed by atoms with E-state index in [1.165, 1.54) is 0 Å². The maximum Gasteiger partial charge on any atom is 0.0922 e. The Labute approximate surface area is 92.2 Å². The summed E-state index contributed by atoms with van der Waals surface area (Å²) in [6.45, 7) is 8.60. The van der Waals surface area contributed by atoms with Crippen LogP contribution in [0.15, 0.2) is 0 Å². The molecule has 0 bridgehead atoms. The van der Waals surface area contributed by atoms with Gasteiger partial charge in [-0.15, -0.1) is 0 Å². The van der Waals surface area contributed by atoms with Crippen molar-refractivity contribution >= 4 is 0 Å². The lowest BCUT2D eigenvalue weighted by atomic mass is 9.83. The second-order valence-corrected chi connectivity index (χ2v) is 4.57. The molecule has 0 saturated carbocycles. The largest absolute Gasteiger partial charge is 0.387 e. The van der Waals surface area contributed by atoms with E-state index in [2.05, 4.69) is 18.7 Å². The van der Waals surface area contributed by atoms with Gasteiger partial charge in [-0.1, -0.05) is 13.8 Å². The molecule has 0 amide bonds. The number of rotatable bonds is 7. The molecule has 1 heterocycles. The van der Waals surface area contributed by atoms with Crippen molar-refractivity contribution in [1.29, 1.82) is 0 Å². The fourth-order valence-corrected chi connectivity index (χ4v) is 1.69. The number of likely N-dealkylation sites (tertiary alicyclic amines) is 1. The molecule has 15 heavy (non-hydrogen) atoms. The maximum absolute atomic E-state index is 10.00. The molecule has 1 saturated heterocycles. The van der Waals surface area contributed by atoms with E-state index in [0.29, 0.717) is 19.1 Å². The standard InChI is InChI=1S/C11H23NO3/c1-10(2)11(13)8-12(9-11)4-5-15-7-6-14-3/h10,13H,4-9H2,1-3H3. The summed E-state index contributed by atoms with van der Waals surface area (Å²) in [6, 6.07) is 0. The zero-order valence-corrected chi connectivity index (χ0v) is 10.0. The van der Waals surface area contributed by atoms with Crippen LogP contribution < -0.4 is 0 Å². The van der Waals surface area contributed by atoms with E-state index >= 15 is 0 Å². The lowest BCUT2D eigenvalue weighted by Gasteiger charge is -2.49. The first-order valence-corrected chi connectivity index (χ1v) is 5.60. The van der Waals surface area contributed by atoms with Crippen molar-refractivity contribution in [1.82, 2.24) is 4.90 Å². The number of hydrogen-bond acceptors (Lipinski definition) is 4. The number of hydrogen-bond donors (Lipinski definition) is 1. The average molecular weight is 217 g/mol. The number of ether oxygens (including phenoxy) is 2. The zero-order chi connectivity index (χ0) is 11.3. The van der Waals surface area contributed by atoms with Crippen LogP contribution in [0.25, 0.3) is 0 Å². The lowest BCUT2D eigenvalue weighted by molar-refractivity contribution is -0.132. The van der Waals surface area contributed by atoms with Crippen molar-refractivity contribution < 1.29 is 14.6 Å². The third-order valence-corrected chi connectivity index (χ3v) is 3.05. The number of nitrogens with zero attached hydrogens (tertiary/aromatic N) is 1. The quantitative estimate of drug-likeness (QED) is 0.625. The lowest BCUT2D eigenvalue weighted by Crippen LogP contribution is -2.64. The van der Waals surface area contributed by atoms with Crippen molar-refractivity contribution in [2.24, 2.45) is 5.92 Å². The van der Waals surface area contributed by atoms with Gasteiger partial charge in [-0.3, -0.25) is 4.90 Å². The third kappa shape index (κ3) is 3.72. The van der Waals surface area contributed by atoms with Gasteiger partial charge in [0.05, 0.1) is 25.4 Å². The van der Waals surface area contributed by atoms with Crippen molar-refractivity contribution in [2.75, 3.05) is 46.6 Å². The molecule has 1 aliphatic rings. The van der Waals surface area contributed by atoms with Gasteiger partial charge >= 0.3 is 0 Å². The average Bonchev–Trinajstić information content (AvgIpc) is 2.14. The number of β-amino-alcohol motifs (C(OH)–C–C–N with tert-alkyl or cyclic N) is 1. The fraction of sp³-hybridized carbons (Fsp3) is 1.00. The first-order valence-electron chi connectivity index (χ1n) is 5.60. The Morgan fingerprint density at radius 1 is 1.27 bits per heavy atom.